The van der Waals surface area contributed by atoms with Crippen LogP contribution in [0.1, 0.15) is 51.5 Å². The number of hydrogen-bond acceptors (Lipinski definition) is 5. The molecule has 2 aliphatic rings. The monoisotopic (exact) mass is 373 g/mol. The van der Waals surface area contributed by atoms with Crippen LogP contribution in [0.15, 0.2) is 24.3 Å². The molecule has 1 aromatic rings. The maximum atomic E-state index is 13.2. The Labute approximate surface area is 159 Å². The third-order valence-corrected chi connectivity index (χ3v) is 6.04. The topological polar surface area (TPSA) is 72.9 Å². The molecule has 2 aliphatic heterocycles. The van der Waals surface area contributed by atoms with Gasteiger partial charge in [-0.15, -0.1) is 0 Å². The van der Waals surface area contributed by atoms with Crippen LogP contribution in [0.5, 0.6) is 5.75 Å². The maximum absolute atomic E-state index is 13.2. The van der Waals surface area contributed by atoms with Crippen LogP contribution in [0.4, 0.5) is 0 Å². The number of carbonyl (C=O) groups excluding carboxylic acids is 3. The highest BCUT2D eigenvalue weighted by Crippen LogP contribution is 2.54. The van der Waals surface area contributed by atoms with Gasteiger partial charge in [-0.05, 0) is 31.0 Å². The molecule has 0 aromatic heterocycles. The van der Waals surface area contributed by atoms with Crippen LogP contribution >= 0.6 is 0 Å². The van der Waals surface area contributed by atoms with E-state index in [1.54, 1.807) is 26.2 Å². The molecular weight excluding hydrogens is 346 g/mol. The summed E-state index contributed by atoms with van der Waals surface area (Å²) in [6, 6.07) is 7.26. The van der Waals surface area contributed by atoms with Crippen LogP contribution in [0, 0.1) is 5.92 Å². The number of benzene rings is 1. The number of nitrogens with zero attached hydrogens (tertiary/aromatic N) is 1. The van der Waals surface area contributed by atoms with E-state index in [-0.39, 0.29) is 12.5 Å². The number of ether oxygens (including phenoxy) is 2. The van der Waals surface area contributed by atoms with E-state index in [0.717, 1.165) is 31.2 Å². The van der Waals surface area contributed by atoms with Crippen molar-refractivity contribution < 1.29 is 23.9 Å². The van der Waals surface area contributed by atoms with Crippen molar-refractivity contribution in [2.24, 2.45) is 5.92 Å². The molecule has 3 unspecified atom stereocenters. The molecule has 3 rings (SSSR count). The number of carbonyl (C=O) groups is 3. The van der Waals surface area contributed by atoms with Crippen molar-refractivity contribution in [3.8, 4) is 5.75 Å². The van der Waals surface area contributed by atoms with Crippen molar-refractivity contribution in [1.29, 1.82) is 0 Å². The zero-order chi connectivity index (χ0) is 19.7. The normalized spacial score (nSPS) is 29.1. The van der Waals surface area contributed by atoms with Gasteiger partial charge in [0.15, 0.2) is 11.9 Å². The number of likely N-dealkylation sites (tertiary alicyclic amines) is 1. The molecular formula is C21H27NO5. The van der Waals surface area contributed by atoms with Gasteiger partial charge in [-0.2, -0.15) is 0 Å². The first kappa shape index (κ1) is 19.4. The number of unbranched alkanes of at least 4 members (excludes halogenated alkanes) is 3. The minimum absolute atomic E-state index is 0.178. The summed E-state index contributed by atoms with van der Waals surface area (Å²) in [5.74, 6) is -0.575. The highest BCUT2D eigenvalue weighted by atomic mass is 16.6. The molecule has 2 heterocycles. The number of amides is 1. The second kappa shape index (κ2) is 7.33. The molecule has 3 atom stereocenters. The summed E-state index contributed by atoms with van der Waals surface area (Å²) >= 11 is 0. The number of hydrogen-bond donors (Lipinski definition) is 0. The third kappa shape index (κ3) is 2.82. The zero-order valence-electron chi connectivity index (χ0n) is 16.2. The Morgan fingerprint density at radius 2 is 1.89 bits per heavy atom. The van der Waals surface area contributed by atoms with Crippen molar-refractivity contribution in [2.45, 2.75) is 63.6 Å². The molecule has 2 fully saturated rings. The summed E-state index contributed by atoms with van der Waals surface area (Å²) < 4.78 is 10.6. The number of fused-ring (bicyclic) bond motifs is 1. The van der Waals surface area contributed by atoms with E-state index in [1.165, 1.54) is 4.90 Å². The van der Waals surface area contributed by atoms with Crippen LogP contribution < -0.4 is 4.74 Å². The average molecular weight is 373 g/mol. The van der Waals surface area contributed by atoms with Gasteiger partial charge in [0.25, 0.3) is 0 Å². The molecule has 0 bridgehead atoms. The minimum atomic E-state index is -1.51. The second-order valence-electron chi connectivity index (χ2n) is 7.56. The van der Waals surface area contributed by atoms with E-state index in [9.17, 15) is 14.4 Å². The van der Waals surface area contributed by atoms with Crippen molar-refractivity contribution in [3.63, 3.8) is 0 Å². The van der Waals surface area contributed by atoms with E-state index in [4.69, 9.17) is 9.47 Å². The molecule has 0 radical (unpaired) electrons. The predicted molar refractivity (Wildman–Crippen MR) is 99.1 cm³/mol. The Balaban J connectivity index is 1.86. The standard InChI is InChI=1S/C21H27NO5/c1-4-5-6-7-8-17-18(24)22(13-15-9-11-16(26-3)12-10-15)21(14-23)19(25)27-20(17,21)2/h9-12,14,17H,4-8,13H2,1-3H3. The lowest BCUT2D eigenvalue weighted by atomic mass is 9.71. The molecule has 1 aromatic carbocycles. The van der Waals surface area contributed by atoms with Gasteiger partial charge in [-0.3, -0.25) is 9.59 Å². The third-order valence-electron chi connectivity index (χ3n) is 6.04. The van der Waals surface area contributed by atoms with Crippen LogP contribution in [0.2, 0.25) is 0 Å². The molecule has 0 aliphatic carbocycles. The van der Waals surface area contributed by atoms with Gasteiger partial charge in [0.05, 0.1) is 13.0 Å². The first-order chi connectivity index (χ1) is 12.9. The van der Waals surface area contributed by atoms with E-state index in [1.807, 2.05) is 12.1 Å². The molecule has 0 N–H and O–H groups in total. The quantitative estimate of drug-likeness (QED) is 0.288. The predicted octanol–water partition coefficient (Wildman–Crippen LogP) is 2.88. The molecule has 146 valence electrons. The fourth-order valence-electron chi connectivity index (χ4n) is 4.34. The fraction of sp³-hybridized carbons (Fsp3) is 0.571. The summed E-state index contributed by atoms with van der Waals surface area (Å²) in [6.07, 6.45) is 5.34. The highest BCUT2D eigenvalue weighted by Gasteiger charge is 2.79. The average Bonchev–Trinajstić information content (AvgIpc) is 2.80. The fourth-order valence-corrected chi connectivity index (χ4v) is 4.34. The second-order valence-corrected chi connectivity index (χ2v) is 7.56. The van der Waals surface area contributed by atoms with Gasteiger partial charge in [0, 0.05) is 6.54 Å². The van der Waals surface area contributed by atoms with Gasteiger partial charge < -0.3 is 14.4 Å². The summed E-state index contributed by atoms with van der Waals surface area (Å²) in [5.41, 5.74) is -1.76. The summed E-state index contributed by atoms with van der Waals surface area (Å²) in [4.78, 5) is 39.0. The van der Waals surface area contributed by atoms with Crippen LogP contribution in [0.25, 0.3) is 0 Å². The lowest BCUT2D eigenvalue weighted by Crippen LogP contribution is -2.75. The van der Waals surface area contributed by atoms with E-state index in [2.05, 4.69) is 6.92 Å². The van der Waals surface area contributed by atoms with Gasteiger partial charge in [-0.25, -0.2) is 4.79 Å². The first-order valence-electron chi connectivity index (χ1n) is 9.58. The van der Waals surface area contributed by atoms with Gasteiger partial charge in [0.2, 0.25) is 11.4 Å². The SMILES string of the molecule is CCCCCCC1C(=O)N(Cc2ccc(OC)cc2)C2(C=O)C(=O)OC12C. The Bertz CT molecular complexity index is 731. The number of esters is 1. The molecule has 2 saturated heterocycles. The highest BCUT2D eigenvalue weighted by molar-refractivity contribution is 6.12. The zero-order valence-corrected chi connectivity index (χ0v) is 16.2. The number of aldehydes is 1. The lowest BCUT2D eigenvalue weighted by Gasteiger charge is -2.50. The van der Waals surface area contributed by atoms with Crippen molar-refractivity contribution in [2.75, 3.05) is 7.11 Å². The molecule has 0 spiro atoms. The Hall–Kier alpha value is -2.37. The summed E-state index contributed by atoms with van der Waals surface area (Å²) in [5, 5.41) is 0. The van der Waals surface area contributed by atoms with Gasteiger partial charge in [0.1, 0.15) is 5.75 Å². The Morgan fingerprint density at radius 3 is 2.44 bits per heavy atom. The van der Waals surface area contributed by atoms with Crippen LogP contribution in [-0.2, 0) is 25.7 Å². The van der Waals surface area contributed by atoms with Crippen molar-refractivity contribution in [3.05, 3.63) is 29.8 Å². The Morgan fingerprint density at radius 1 is 1.19 bits per heavy atom. The number of rotatable bonds is 9. The van der Waals surface area contributed by atoms with E-state index >= 15 is 0 Å². The Kier molecular flexibility index (Phi) is 5.27. The van der Waals surface area contributed by atoms with Crippen LogP contribution in [-0.4, -0.2) is 41.3 Å². The molecule has 6 heteroatoms. The maximum Gasteiger partial charge on any atom is 0.344 e. The number of methoxy groups -OCH3 is 1. The van der Waals surface area contributed by atoms with Crippen molar-refractivity contribution >= 4 is 18.2 Å². The van der Waals surface area contributed by atoms with E-state index < -0.39 is 23.0 Å². The molecule has 0 saturated carbocycles. The van der Waals surface area contributed by atoms with E-state index in [0.29, 0.717) is 18.5 Å². The lowest BCUT2D eigenvalue weighted by molar-refractivity contribution is -0.226. The van der Waals surface area contributed by atoms with Crippen LogP contribution in [0.3, 0.4) is 0 Å². The first-order valence-corrected chi connectivity index (χ1v) is 9.58. The molecule has 27 heavy (non-hydrogen) atoms. The summed E-state index contributed by atoms with van der Waals surface area (Å²) in [7, 11) is 1.58. The van der Waals surface area contributed by atoms with Gasteiger partial charge in [-0.1, -0.05) is 44.7 Å². The molecule has 6 nitrogen and oxygen atoms in total. The molecule has 1 amide bonds. The smallest absolute Gasteiger partial charge is 0.344 e. The summed E-state index contributed by atoms with van der Waals surface area (Å²) in [6.45, 7) is 4.04. The largest absolute Gasteiger partial charge is 0.497 e. The minimum Gasteiger partial charge on any atom is -0.497 e. The van der Waals surface area contributed by atoms with Crippen molar-refractivity contribution in [1.82, 2.24) is 4.90 Å². The van der Waals surface area contributed by atoms with Gasteiger partial charge >= 0.3 is 5.97 Å².